The van der Waals surface area contributed by atoms with Crippen LogP contribution in [0.25, 0.3) is 10.9 Å². The molecule has 1 amide bonds. The lowest BCUT2D eigenvalue weighted by atomic mass is 10.0. The maximum atomic E-state index is 13.4. The Morgan fingerprint density at radius 2 is 1.86 bits per heavy atom. The van der Waals surface area contributed by atoms with E-state index in [4.69, 9.17) is 16.6 Å². The van der Waals surface area contributed by atoms with E-state index in [0.29, 0.717) is 35.6 Å². The van der Waals surface area contributed by atoms with Gasteiger partial charge in [0.05, 0.1) is 22.6 Å². The molecule has 37 heavy (non-hydrogen) atoms. The third kappa shape index (κ3) is 4.29. The molecule has 2 N–H and O–H groups in total. The number of rotatable bonds is 6. The topological polar surface area (TPSA) is 121 Å². The first kappa shape index (κ1) is 25.0. The molecule has 1 aliphatic heterocycles. The van der Waals surface area contributed by atoms with Crippen molar-refractivity contribution < 1.29 is 14.7 Å². The van der Waals surface area contributed by atoms with Gasteiger partial charge >= 0.3 is 5.97 Å². The number of nitrogens with one attached hydrogen (secondary N) is 1. The predicted octanol–water partition coefficient (Wildman–Crippen LogP) is 2.93. The zero-order valence-electron chi connectivity index (χ0n) is 21.3. The molecule has 2 fully saturated rings. The van der Waals surface area contributed by atoms with Gasteiger partial charge in [-0.3, -0.25) is 14.2 Å². The fourth-order valence-electron chi connectivity index (χ4n) is 5.53. The highest BCUT2D eigenvalue weighted by atomic mass is 35.5. The number of carbonyl (C=O) groups excluding carboxylic acids is 1. The molecule has 1 saturated carbocycles. The predicted molar refractivity (Wildman–Crippen MR) is 141 cm³/mol. The van der Waals surface area contributed by atoms with Crippen LogP contribution in [0.5, 0.6) is 0 Å². The SMILES string of the molecule is Cc1cc([C@H](C)Nc2ccc(Cl)nc2C(=O)O)c2nc(N3C[C@@H]4C(C(=O)N(C)C)[C@@H]4C3)n(C)c(=O)c2c1. The van der Waals surface area contributed by atoms with Crippen molar-refractivity contribution >= 4 is 46.0 Å². The molecule has 5 rings (SSSR count). The van der Waals surface area contributed by atoms with Gasteiger partial charge in [-0.15, -0.1) is 0 Å². The van der Waals surface area contributed by atoms with Crippen LogP contribution < -0.4 is 15.8 Å². The number of aromatic carboxylic acids is 1. The van der Waals surface area contributed by atoms with Gasteiger partial charge < -0.3 is 20.2 Å². The summed E-state index contributed by atoms with van der Waals surface area (Å²) in [6.45, 7) is 5.14. The number of amides is 1. The number of anilines is 2. The summed E-state index contributed by atoms with van der Waals surface area (Å²) in [5.41, 5.74) is 2.20. The lowest BCUT2D eigenvalue weighted by Gasteiger charge is -2.25. The zero-order valence-corrected chi connectivity index (χ0v) is 22.1. The van der Waals surface area contributed by atoms with E-state index in [1.165, 1.54) is 6.07 Å². The van der Waals surface area contributed by atoms with Crippen LogP contribution in [0.4, 0.5) is 11.6 Å². The molecule has 0 spiro atoms. The first-order valence-electron chi connectivity index (χ1n) is 12.1. The summed E-state index contributed by atoms with van der Waals surface area (Å²) >= 11 is 5.91. The minimum atomic E-state index is -1.20. The third-order valence-electron chi connectivity index (χ3n) is 7.44. The Kier molecular flexibility index (Phi) is 6.10. The number of benzene rings is 1. The average Bonchev–Trinajstić information content (AvgIpc) is 3.33. The molecular weight excluding hydrogens is 496 g/mol. The van der Waals surface area contributed by atoms with Crippen LogP contribution in [0.2, 0.25) is 5.15 Å². The van der Waals surface area contributed by atoms with Crippen molar-refractivity contribution in [2.75, 3.05) is 37.4 Å². The lowest BCUT2D eigenvalue weighted by Crippen LogP contribution is -2.35. The fourth-order valence-corrected chi connectivity index (χ4v) is 5.68. The molecule has 2 aliphatic rings. The minimum absolute atomic E-state index is 0.0441. The second-order valence-corrected chi connectivity index (χ2v) is 10.6. The van der Waals surface area contributed by atoms with E-state index in [1.807, 2.05) is 26.0 Å². The monoisotopic (exact) mass is 524 g/mol. The molecule has 11 heteroatoms. The Bertz CT molecular complexity index is 1490. The Labute approximate surface area is 218 Å². The second-order valence-electron chi connectivity index (χ2n) is 10.2. The Balaban J connectivity index is 1.51. The first-order valence-corrected chi connectivity index (χ1v) is 12.5. The summed E-state index contributed by atoms with van der Waals surface area (Å²) in [7, 11) is 5.28. The quantitative estimate of drug-likeness (QED) is 0.472. The number of fused-ring (bicyclic) bond motifs is 2. The molecule has 1 aliphatic carbocycles. The number of carboxylic acids is 1. The van der Waals surface area contributed by atoms with Crippen molar-refractivity contribution in [3.8, 4) is 0 Å². The van der Waals surface area contributed by atoms with Crippen LogP contribution in [0.3, 0.4) is 0 Å². The second kappa shape index (κ2) is 9.02. The Hall–Kier alpha value is -3.66. The smallest absolute Gasteiger partial charge is 0.356 e. The number of halogens is 1. The van der Waals surface area contributed by atoms with Crippen molar-refractivity contribution in [2.45, 2.75) is 19.9 Å². The van der Waals surface area contributed by atoms with Gasteiger partial charge in [0, 0.05) is 45.7 Å². The van der Waals surface area contributed by atoms with Gasteiger partial charge in [0.15, 0.2) is 5.69 Å². The summed E-state index contributed by atoms with van der Waals surface area (Å²) in [6.07, 6.45) is 0. The van der Waals surface area contributed by atoms with Crippen molar-refractivity contribution in [1.29, 1.82) is 0 Å². The highest BCUT2D eigenvalue weighted by Crippen LogP contribution is 2.53. The van der Waals surface area contributed by atoms with Crippen LogP contribution in [-0.4, -0.2) is 63.6 Å². The van der Waals surface area contributed by atoms with E-state index < -0.39 is 5.97 Å². The van der Waals surface area contributed by atoms with Crippen LogP contribution >= 0.6 is 11.6 Å². The van der Waals surface area contributed by atoms with Crippen molar-refractivity contribution in [3.05, 3.63) is 56.6 Å². The maximum Gasteiger partial charge on any atom is 0.356 e. The highest BCUT2D eigenvalue weighted by molar-refractivity contribution is 6.29. The molecule has 1 aromatic carbocycles. The molecule has 3 heterocycles. The number of nitrogens with zero attached hydrogens (tertiary/aromatic N) is 5. The lowest BCUT2D eigenvalue weighted by molar-refractivity contribution is -0.130. The molecule has 0 radical (unpaired) electrons. The number of carboxylic acid groups (broad SMARTS) is 1. The number of aryl methyl sites for hydroxylation is 1. The van der Waals surface area contributed by atoms with Crippen molar-refractivity contribution in [1.82, 2.24) is 19.4 Å². The maximum absolute atomic E-state index is 13.4. The van der Waals surface area contributed by atoms with Gasteiger partial charge in [0.2, 0.25) is 11.9 Å². The van der Waals surface area contributed by atoms with E-state index in [9.17, 15) is 19.5 Å². The van der Waals surface area contributed by atoms with E-state index >= 15 is 0 Å². The van der Waals surface area contributed by atoms with Crippen LogP contribution in [0.1, 0.15) is 34.6 Å². The molecule has 3 aromatic rings. The molecule has 1 saturated heterocycles. The van der Waals surface area contributed by atoms with E-state index in [-0.39, 0.29) is 46.1 Å². The van der Waals surface area contributed by atoms with Crippen molar-refractivity contribution in [3.63, 3.8) is 0 Å². The largest absolute Gasteiger partial charge is 0.476 e. The Morgan fingerprint density at radius 3 is 2.49 bits per heavy atom. The molecule has 10 nitrogen and oxygen atoms in total. The van der Waals surface area contributed by atoms with Gasteiger partial charge in [0.1, 0.15) is 5.15 Å². The number of hydrogen-bond acceptors (Lipinski definition) is 7. The van der Waals surface area contributed by atoms with E-state index in [0.717, 1.165) is 11.1 Å². The highest BCUT2D eigenvalue weighted by Gasteiger charge is 2.60. The number of pyridine rings is 1. The number of aromatic nitrogens is 3. The molecular formula is C26H29ClN6O4. The standard InChI is InChI=1S/C26H29ClN6O4/c1-12-8-14(13(2)28-18-6-7-19(27)29-22(18)25(36)37)21-15(9-12)23(34)32(5)26(30-21)33-10-16-17(11-33)20(16)24(35)31(3)4/h6-9,13,16-17,20,28H,10-11H2,1-5H3,(H,36,37)/t13-,16-,17+,20?/m0/s1. The summed E-state index contributed by atoms with van der Waals surface area (Å²) < 4.78 is 1.57. The molecule has 2 aromatic heterocycles. The van der Waals surface area contributed by atoms with Gasteiger partial charge in [-0.1, -0.05) is 17.7 Å². The van der Waals surface area contributed by atoms with Gasteiger partial charge in [-0.2, -0.15) is 0 Å². The van der Waals surface area contributed by atoms with Gasteiger partial charge in [-0.25, -0.2) is 14.8 Å². The third-order valence-corrected chi connectivity index (χ3v) is 7.65. The number of piperidine rings is 1. The van der Waals surface area contributed by atoms with Crippen LogP contribution in [-0.2, 0) is 11.8 Å². The molecule has 0 bridgehead atoms. The normalized spacial score (nSPS) is 21.0. The van der Waals surface area contributed by atoms with E-state index in [2.05, 4.69) is 15.2 Å². The average molecular weight is 525 g/mol. The first-order chi connectivity index (χ1) is 17.5. The summed E-state index contributed by atoms with van der Waals surface area (Å²) in [6, 6.07) is 6.49. The van der Waals surface area contributed by atoms with E-state index in [1.54, 1.807) is 36.7 Å². The summed E-state index contributed by atoms with van der Waals surface area (Å²) in [5.74, 6) is 0.115. The fraction of sp³-hybridized carbons (Fsp3) is 0.423. The number of carbonyl (C=O) groups is 2. The minimum Gasteiger partial charge on any atom is -0.476 e. The van der Waals surface area contributed by atoms with Gasteiger partial charge in [-0.05, 0) is 49.4 Å². The summed E-state index contributed by atoms with van der Waals surface area (Å²) in [4.78, 5) is 50.2. The summed E-state index contributed by atoms with van der Waals surface area (Å²) in [5, 5.41) is 13.4. The number of hydrogen-bond donors (Lipinski definition) is 2. The van der Waals surface area contributed by atoms with Crippen LogP contribution in [0.15, 0.2) is 29.1 Å². The molecule has 194 valence electrons. The van der Waals surface area contributed by atoms with Crippen molar-refractivity contribution in [2.24, 2.45) is 24.8 Å². The molecule has 1 unspecified atom stereocenters. The van der Waals surface area contributed by atoms with Crippen LogP contribution in [0, 0.1) is 24.7 Å². The van der Waals surface area contributed by atoms with Gasteiger partial charge in [0.25, 0.3) is 5.56 Å². The Morgan fingerprint density at radius 1 is 1.19 bits per heavy atom. The molecule has 4 atom stereocenters. The zero-order chi connectivity index (χ0) is 26.8.